The first-order valence-electron chi connectivity index (χ1n) is 3.64. The van der Waals surface area contributed by atoms with Gasteiger partial charge in [-0.05, 0) is 34.5 Å². The molecule has 0 saturated heterocycles. The smallest absolute Gasteiger partial charge is 0.197 e. The number of hydrogen-bond donors (Lipinski definition) is 0. The van der Waals surface area contributed by atoms with Gasteiger partial charge in [0.25, 0.3) is 0 Å². The normalized spacial score (nSPS) is 10.5. The summed E-state index contributed by atoms with van der Waals surface area (Å²) >= 11 is 3.23. The minimum atomic E-state index is 0.639. The molecule has 0 unspecified atom stereocenters. The van der Waals surface area contributed by atoms with Gasteiger partial charge in [0.05, 0.1) is 5.52 Å². The van der Waals surface area contributed by atoms with Crippen LogP contribution in [0.4, 0.5) is 0 Å². The summed E-state index contributed by atoms with van der Waals surface area (Å²) < 4.78 is 0.639. The number of benzene rings is 1. The molecule has 0 atom stereocenters. The Labute approximate surface area is 78.8 Å². The first-order valence-corrected chi connectivity index (χ1v) is 4.44. The Balaban J connectivity index is 2.80. The van der Waals surface area contributed by atoms with Crippen LogP contribution in [0.3, 0.4) is 0 Å². The Morgan fingerprint density at radius 1 is 1.33 bits per heavy atom. The molecule has 0 aliphatic heterocycles. The van der Waals surface area contributed by atoms with Crippen molar-refractivity contribution in [1.82, 2.24) is 9.97 Å². The Hall–Kier alpha value is -0.960. The first kappa shape index (κ1) is 7.68. The van der Waals surface area contributed by atoms with Crippen molar-refractivity contribution in [3.63, 3.8) is 0 Å². The van der Waals surface area contributed by atoms with E-state index in [1.807, 2.05) is 18.3 Å². The van der Waals surface area contributed by atoms with Crippen LogP contribution in [-0.2, 0) is 0 Å². The van der Waals surface area contributed by atoms with Gasteiger partial charge in [-0.2, -0.15) is 0 Å². The standard InChI is InChI=1S/C9H7BrN2/c1-6-2-3-7-5-11-9(10)12-8(7)4-6/h2-5H,1H3. The van der Waals surface area contributed by atoms with Crippen molar-refractivity contribution >= 4 is 26.8 Å². The van der Waals surface area contributed by atoms with Gasteiger partial charge in [-0.25, -0.2) is 9.97 Å². The van der Waals surface area contributed by atoms with Gasteiger partial charge in [-0.3, -0.25) is 0 Å². The molecule has 0 amide bonds. The van der Waals surface area contributed by atoms with E-state index < -0.39 is 0 Å². The molecule has 0 aliphatic carbocycles. The molecule has 1 aromatic carbocycles. The fourth-order valence-electron chi connectivity index (χ4n) is 1.11. The lowest BCUT2D eigenvalue weighted by Gasteiger charge is -1.97. The average Bonchev–Trinajstić information content (AvgIpc) is 2.03. The van der Waals surface area contributed by atoms with Crippen molar-refractivity contribution in [2.24, 2.45) is 0 Å². The van der Waals surface area contributed by atoms with Crippen molar-refractivity contribution in [3.05, 3.63) is 34.7 Å². The number of aryl methyl sites for hydroxylation is 1. The van der Waals surface area contributed by atoms with Crippen LogP contribution < -0.4 is 0 Å². The monoisotopic (exact) mass is 222 g/mol. The minimum absolute atomic E-state index is 0.639. The van der Waals surface area contributed by atoms with E-state index in [-0.39, 0.29) is 0 Å². The molecule has 0 fully saturated rings. The fourth-order valence-corrected chi connectivity index (χ4v) is 1.40. The molecular formula is C9H7BrN2. The van der Waals surface area contributed by atoms with Gasteiger partial charge in [-0.1, -0.05) is 12.1 Å². The maximum Gasteiger partial charge on any atom is 0.197 e. The summed E-state index contributed by atoms with van der Waals surface area (Å²) in [6.07, 6.45) is 1.81. The van der Waals surface area contributed by atoms with Gasteiger partial charge in [0.15, 0.2) is 4.73 Å². The number of fused-ring (bicyclic) bond motifs is 1. The zero-order valence-corrected chi connectivity index (χ0v) is 8.17. The predicted molar refractivity (Wildman–Crippen MR) is 52.0 cm³/mol. The van der Waals surface area contributed by atoms with Crippen molar-refractivity contribution in [1.29, 1.82) is 0 Å². The van der Waals surface area contributed by atoms with Crippen molar-refractivity contribution in [2.75, 3.05) is 0 Å². The second-order valence-corrected chi connectivity index (χ2v) is 3.41. The minimum Gasteiger partial charge on any atom is -0.230 e. The van der Waals surface area contributed by atoms with Crippen LogP contribution >= 0.6 is 15.9 Å². The summed E-state index contributed by atoms with van der Waals surface area (Å²) in [5.41, 5.74) is 2.20. The number of nitrogens with zero attached hydrogens (tertiary/aromatic N) is 2. The molecule has 0 saturated carbocycles. The van der Waals surface area contributed by atoms with E-state index in [2.05, 4.69) is 38.9 Å². The topological polar surface area (TPSA) is 25.8 Å². The lowest BCUT2D eigenvalue weighted by Crippen LogP contribution is -1.84. The van der Waals surface area contributed by atoms with Gasteiger partial charge in [0, 0.05) is 11.6 Å². The highest BCUT2D eigenvalue weighted by Gasteiger charge is 1.96. The van der Waals surface area contributed by atoms with Crippen LogP contribution in [0.15, 0.2) is 29.1 Å². The van der Waals surface area contributed by atoms with Crippen LogP contribution in [0.1, 0.15) is 5.56 Å². The number of hydrogen-bond acceptors (Lipinski definition) is 2. The molecule has 2 rings (SSSR count). The molecule has 1 aromatic heterocycles. The Kier molecular flexibility index (Phi) is 1.81. The van der Waals surface area contributed by atoms with Gasteiger partial charge in [0.1, 0.15) is 0 Å². The lowest BCUT2D eigenvalue weighted by atomic mass is 10.2. The van der Waals surface area contributed by atoms with E-state index in [1.165, 1.54) is 5.56 Å². The molecule has 12 heavy (non-hydrogen) atoms. The van der Waals surface area contributed by atoms with Crippen molar-refractivity contribution in [2.45, 2.75) is 6.92 Å². The SMILES string of the molecule is Cc1ccc2cnc(Br)nc2c1. The van der Waals surface area contributed by atoms with Crippen molar-refractivity contribution < 1.29 is 0 Å². The third kappa shape index (κ3) is 1.32. The lowest BCUT2D eigenvalue weighted by molar-refractivity contribution is 1.16. The molecule has 0 spiro atoms. The number of halogens is 1. The largest absolute Gasteiger partial charge is 0.230 e. The summed E-state index contributed by atoms with van der Waals surface area (Å²) in [7, 11) is 0. The van der Waals surface area contributed by atoms with Gasteiger partial charge in [0.2, 0.25) is 0 Å². The highest BCUT2D eigenvalue weighted by atomic mass is 79.9. The number of aromatic nitrogens is 2. The predicted octanol–water partition coefficient (Wildman–Crippen LogP) is 2.70. The molecule has 2 nitrogen and oxygen atoms in total. The Morgan fingerprint density at radius 3 is 3.00 bits per heavy atom. The summed E-state index contributed by atoms with van der Waals surface area (Å²) in [5.74, 6) is 0. The summed E-state index contributed by atoms with van der Waals surface area (Å²) in [4.78, 5) is 8.28. The molecular weight excluding hydrogens is 216 g/mol. The molecule has 0 aliphatic rings. The Bertz CT molecular complexity index is 389. The van der Waals surface area contributed by atoms with E-state index in [4.69, 9.17) is 0 Å². The third-order valence-corrected chi connectivity index (χ3v) is 2.09. The van der Waals surface area contributed by atoms with E-state index in [0.29, 0.717) is 4.73 Å². The quantitative estimate of drug-likeness (QED) is 0.641. The maximum absolute atomic E-state index is 4.24. The second kappa shape index (κ2) is 2.83. The maximum atomic E-state index is 4.24. The second-order valence-electron chi connectivity index (χ2n) is 2.70. The van der Waals surface area contributed by atoms with Crippen LogP contribution in [0.2, 0.25) is 0 Å². The molecule has 2 aromatic rings. The summed E-state index contributed by atoms with van der Waals surface area (Å²) in [6, 6.07) is 6.12. The highest BCUT2D eigenvalue weighted by Crippen LogP contribution is 2.14. The van der Waals surface area contributed by atoms with E-state index in [1.54, 1.807) is 0 Å². The Morgan fingerprint density at radius 2 is 2.17 bits per heavy atom. The molecule has 3 heteroatoms. The molecule has 0 bridgehead atoms. The summed E-state index contributed by atoms with van der Waals surface area (Å²) in [5, 5.41) is 1.07. The zero-order chi connectivity index (χ0) is 8.55. The first-order chi connectivity index (χ1) is 5.75. The van der Waals surface area contributed by atoms with E-state index >= 15 is 0 Å². The number of rotatable bonds is 0. The van der Waals surface area contributed by atoms with E-state index in [0.717, 1.165) is 10.9 Å². The molecule has 60 valence electrons. The molecule has 1 heterocycles. The molecule has 0 radical (unpaired) electrons. The molecule has 0 N–H and O–H groups in total. The summed E-state index contributed by atoms with van der Waals surface area (Å²) in [6.45, 7) is 2.05. The van der Waals surface area contributed by atoms with Crippen LogP contribution in [0, 0.1) is 6.92 Å². The van der Waals surface area contributed by atoms with Crippen LogP contribution in [0.25, 0.3) is 10.9 Å². The highest BCUT2D eigenvalue weighted by molar-refractivity contribution is 9.10. The third-order valence-electron chi connectivity index (χ3n) is 1.71. The van der Waals surface area contributed by atoms with Crippen LogP contribution in [0.5, 0.6) is 0 Å². The van der Waals surface area contributed by atoms with Gasteiger partial charge in [-0.15, -0.1) is 0 Å². The van der Waals surface area contributed by atoms with E-state index in [9.17, 15) is 0 Å². The average molecular weight is 223 g/mol. The zero-order valence-electron chi connectivity index (χ0n) is 6.58. The van der Waals surface area contributed by atoms with Gasteiger partial charge >= 0.3 is 0 Å². The fraction of sp³-hybridized carbons (Fsp3) is 0.111. The van der Waals surface area contributed by atoms with Gasteiger partial charge < -0.3 is 0 Å². The van der Waals surface area contributed by atoms with Crippen molar-refractivity contribution in [3.8, 4) is 0 Å². The van der Waals surface area contributed by atoms with Crippen LogP contribution in [-0.4, -0.2) is 9.97 Å².